The fourth-order valence-corrected chi connectivity index (χ4v) is 3.03. The summed E-state index contributed by atoms with van der Waals surface area (Å²) in [6.07, 6.45) is 0. The van der Waals surface area contributed by atoms with Crippen molar-refractivity contribution in [3.8, 4) is 0 Å². The molecule has 0 aromatic heterocycles. The number of nitrogens with zero attached hydrogens (tertiary/aromatic N) is 1. The molecule has 3 nitrogen and oxygen atoms in total. The Morgan fingerprint density at radius 2 is 1.75 bits per heavy atom. The molecule has 1 aromatic rings. The third-order valence-electron chi connectivity index (χ3n) is 3.30. The molecule has 0 spiro atoms. The minimum absolute atomic E-state index is 0.162. The Hall–Kier alpha value is -1.26. The predicted molar refractivity (Wildman–Crippen MR) is 76.4 cm³/mol. The SMILES string of the molecule is CC1(C)CN(CC(=O)c2ccccc2F)CC(C)(C)O1. The van der Waals surface area contributed by atoms with Gasteiger partial charge in [0.05, 0.1) is 23.3 Å². The van der Waals surface area contributed by atoms with E-state index in [1.54, 1.807) is 12.1 Å². The van der Waals surface area contributed by atoms with Crippen LogP contribution in [-0.4, -0.2) is 41.5 Å². The largest absolute Gasteiger partial charge is 0.367 e. The average molecular weight is 279 g/mol. The maximum Gasteiger partial charge on any atom is 0.179 e. The van der Waals surface area contributed by atoms with Crippen molar-refractivity contribution in [2.75, 3.05) is 19.6 Å². The number of halogens is 1. The van der Waals surface area contributed by atoms with Crippen LogP contribution in [0.5, 0.6) is 0 Å². The van der Waals surface area contributed by atoms with Gasteiger partial charge in [-0.2, -0.15) is 0 Å². The quantitative estimate of drug-likeness (QED) is 0.797. The van der Waals surface area contributed by atoms with Gasteiger partial charge in [0, 0.05) is 13.1 Å². The summed E-state index contributed by atoms with van der Waals surface area (Å²) < 4.78 is 19.6. The van der Waals surface area contributed by atoms with Crippen molar-refractivity contribution in [1.29, 1.82) is 0 Å². The normalized spacial score (nSPS) is 21.6. The van der Waals surface area contributed by atoms with Crippen molar-refractivity contribution in [3.63, 3.8) is 0 Å². The summed E-state index contributed by atoms with van der Waals surface area (Å²) in [4.78, 5) is 14.3. The number of ether oxygens (including phenoxy) is 1. The highest BCUT2D eigenvalue weighted by atomic mass is 19.1. The van der Waals surface area contributed by atoms with Crippen LogP contribution in [0.1, 0.15) is 38.1 Å². The van der Waals surface area contributed by atoms with Gasteiger partial charge in [0.15, 0.2) is 5.78 Å². The summed E-state index contributed by atoms with van der Waals surface area (Å²) in [7, 11) is 0. The van der Waals surface area contributed by atoms with Crippen molar-refractivity contribution in [1.82, 2.24) is 4.90 Å². The van der Waals surface area contributed by atoms with Crippen LogP contribution in [0, 0.1) is 5.82 Å². The van der Waals surface area contributed by atoms with Gasteiger partial charge in [0.1, 0.15) is 5.82 Å². The van der Waals surface area contributed by atoms with Crippen LogP contribution in [0.15, 0.2) is 24.3 Å². The molecule has 4 heteroatoms. The van der Waals surface area contributed by atoms with E-state index < -0.39 is 5.82 Å². The number of carbonyl (C=O) groups excluding carboxylic acids is 1. The molecule has 0 N–H and O–H groups in total. The van der Waals surface area contributed by atoms with Gasteiger partial charge in [-0.05, 0) is 39.8 Å². The zero-order chi connectivity index (χ0) is 15.0. The van der Waals surface area contributed by atoms with Crippen LogP contribution in [0.3, 0.4) is 0 Å². The lowest BCUT2D eigenvalue weighted by Gasteiger charge is -2.47. The molecule has 1 saturated heterocycles. The van der Waals surface area contributed by atoms with Gasteiger partial charge in [0.2, 0.25) is 0 Å². The van der Waals surface area contributed by atoms with Crippen molar-refractivity contribution >= 4 is 5.78 Å². The number of Topliss-reactive ketones (excluding diaryl/α,β-unsaturated/α-hetero) is 1. The van der Waals surface area contributed by atoms with Crippen LogP contribution >= 0.6 is 0 Å². The summed E-state index contributed by atoms with van der Waals surface area (Å²) in [5.41, 5.74) is -0.455. The molecule has 0 atom stereocenters. The lowest BCUT2D eigenvalue weighted by molar-refractivity contribution is -0.178. The second-order valence-electron chi connectivity index (χ2n) is 6.67. The smallest absolute Gasteiger partial charge is 0.179 e. The standard InChI is InChI=1S/C16H22FNO2/c1-15(2)10-18(11-16(3,4)20-15)9-14(19)12-7-5-6-8-13(12)17/h5-8H,9-11H2,1-4H3. The lowest BCUT2D eigenvalue weighted by Crippen LogP contribution is -2.58. The van der Waals surface area contributed by atoms with Crippen molar-refractivity contribution < 1.29 is 13.9 Å². The monoisotopic (exact) mass is 279 g/mol. The molecule has 0 radical (unpaired) electrons. The maximum absolute atomic E-state index is 13.6. The van der Waals surface area contributed by atoms with Gasteiger partial charge in [-0.3, -0.25) is 9.69 Å². The molecule has 0 unspecified atom stereocenters. The van der Waals surface area contributed by atoms with Gasteiger partial charge in [0.25, 0.3) is 0 Å². The highest BCUT2D eigenvalue weighted by Crippen LogP contribution is 2.28. The molecule has 1 aliphatic heterocycles. The van der Waals surface area contributed by atoms with E-state index in [0.717, 1.165) is 0 Å². The molecule has 1 heterocycles. The third kappa shape index (κ3) is 3.64. The molecule has 0 bridgehead atoms. The fraction of sp³-hybridized carbons (Fsp3) is 0.562. The van der Waals surface area contributed by atoms with E-state index in [1.165, 1.54) is 12.1 Å². The Bertz CT molecular complexity index is 495. The number of benzene rings is 1. The molecule has 110 valence electrons. The van der Waals surface area contributed by atoms with Crippen LogP contribution in [0.4, 0.5) is 4.39 Å². The highest BCUT2D eigenvalue weighted by molar-refractivity contribution is 5.97. The molecule has 1 aromatic carbocycles. The molecule has 1 aliphatic rings. The molecule has 2 rings (SSSR count). The first-order chi connectivity index (χ1) is 9.19. The number of ketones is 1. The van der Waals surface area contributed by atoms with E-state index in [9.17, 15) is 9.18 Å². The van der Waals surface area contributed by atoms with Gasteiger partial charge in [-0.15, -0.1) is 0 Å². The van der Waals surface area contributed by atoms with Gasteiger partial charge in [-0.25, -0.2) is 4.39 Å². The Morgan fingerprint density at radius 1 is 1.20 bits per heavy atom. The van der Waals surface area contributed by atoms with Crippen molar-refractivity contribution in [3.05, 3.63) is 35.6 Å². The van der Waals surface area contributed by atoms with Gasteiger partial charge < -0.3 is 4.74 Å². The minimum Gasteiger partial charge on any atom is -0.367 e. The van der Waals surface area contributed by atoms with Crippen LogP contribution in [-0.2, 0) is 4.74 Å². The van der Waals surface area contributed by atoms with Crippen molar-refractivity contribution in [2.24, 2.45) is 0 Å². The number of morpholine rings is 1. The molecule has 0 amide bonds. The predicted octanol–water partition coefficient (Wildman–Crippen LogP) is 2.90. The lowest BCUT2D eigenvalue weighted by atomic mass is 9.98. The zero-order valence-electron chi connectivity index (χ0n) is 12.6. The average Bonchev–Trinajstić information content (AvgIpc) is 2.24. The second kappa shape index (κ2) is 5.26. The van der Waals surface area contributed by atoms with Crippen molar-refractivity contribution in [2.45, 2.75) is 38.9 Å². The highest BCUT2D eigenvalue weighted by Gasteiger charge is 2.38. The Kier molecular flexibility index (Phi) is 3.98. The number of hydrogen-bond donors (Lipinski definition) is 0. The summed E-state index contributed by atoms with van der Waals surface area (Å²) in [6.45, 7) is 9.58. The summed E-state index contributed by atoms with van der Waals surface area (Å²) in [5.74, 6) is -0.638. The molecule has 1 fully saturated rings. The van der Waals surface area contributed by atoms with E-state index >= 15 is 0 Å². The van der Waals surface area contributed by atoms with E-state index in [0.29, 0.717) is 13.1 Å². The Balaban J connectivity index is 2.10. The summed E-state index contributed by atoms with van der Waals surface area (Å²) >= 11 is 0. The number of hydrogen-bond acceptors (Lipinski definition) is 3. The summed E-state index contributed by atoms with van der Waals surface area (Å²) in [6, 6.07) is 6.13. The number of rotatable bonds is 3. The zero-order valence-corrected chi connectivity index (χ0v) is 12.6. The topological polar surface area (TPSA) is 29.5 Å². The van der Waals surface area contributed by atoms with E-state index in [1.807, 2.05) is 32.6 Å². The number of carbonyl (C=O) groups is 1. The minimum atomic E-state index is -0.454. The molecule has 20 heavy (non-hydrogen) atoms. The van der Waals surface area contributed by atoms with E-state index in [4.69, 9.17) is 4.74 Å². The molecular weight excluding hydrogens is 257 g/mol. The van der Waals surface area contributed by atoms with Crippen LogP contribution < -0.4 is 0 Å². The van der Waals surface area contributed by atoms with Crippen LogP contribution in [0.2, 0.25) is 0 Å². The molecule has 0 saturated carbocycles. The summed E-state index contributed by atoms with van der Waals surface area (Å²) in [5, 5.41) is 0. The van der Waals surface area contributed by atoms with E-state index in [2.05, 4.69) is 0 Å². The van der Waals surface area contributed by atoms with E-state index in [-0.39, 0.29) is 29.1 Å². The molecular formula is C16H22FNO2. The van der Waals surface area contributed by atoms with Gasteiger partial charge in [-0.1, -0.05) is 12.1 Å². The Labute approximate surface area is 119 Å². The second-order valence-corrected chi connectivity index (χ2v) is 6.67. The maximum atomic E-state index is 13.6. The Morgan fingerprint density at radius 3 is 2.30 bits per heavy atom. The first-order valence-electron chi connectivity index (χ1n) is 6.89. The first kappa shape index (κ1) is 15.1. The van der Waals surface area contributed by atoms with Gasteiger partial charge >= 0.3 is 0 Å². The fourth-order valence-electron chi connectivity index (χ4n) is 3.03. The molecule has 0 aliphatic carbocycles. The third-order valence-corrected chi connectivity index (χ3v) is 3.30. The van der Waals surface area contributed by atoms with Crippen LogP contribution in [0.25, 0.3) is 0 Å². The first-order valence-corrected chi connectivity index (χ1v) is 6.89.